The molecule has 1 aliphatic heterocycles. The number of piperidine rings is 1. The molecule has 2 heterocycles. The molecule has 0 spiro atoms. The van der Waals surface area contributed by atoms with Crippen LogP contribution in [0, 0.1) is 6.92 Å². The van der Waals surface area contributed by atoms with E-state index in [0.29, 0.717) is 28.7 Å². The Morgan fingerprint density at radius 1 is 1.03 bits per heavy atom. The Labute approximate surface area is 204 Å². The molecule has 0 saturated carbocycles. The molecule has 1 amide bonds. The van der Waals surface area contributed by atoms with Crippen molar-refractivity contribution < 1.29 is 13.2 Å². The Morgan fingerprint density at radius 3 is 2.59 bits per heavy atom. The Kier molecular flexibility index (Phi) is 6.50. The second kappa shape index (κ2) is 9.56. The lowest BCUT2D eigenvalue weighted by Crippen LogP contribution is -2.39. The van der Waals surface area contributed by atoms with E-state index < -0.39 is 10.0 Å². The molecule has 1 N–H and O–H groups in total. The van der Waals surface area contributed by atoms with Crippen molar-refractivity contribution >= 4 is 33.0 Å². The molecule has 0 radical (unpaired) electrons. The molecule has 9 heteroatoms. The van der Waals surface area contributed by atoms with Gasteiger partial charge in [0.05, 0.1) is 4.90 Å². The van der Waals surface area contributed by atoms with Crippen LogP contribution in [0.15, 0.2) is 47.4 Å². The van der Waals surface area contributed by atoms with Crippen LogP contribution in [-0.2, 0) is 22.9 Å². The molecule has 7 nitrogen and oxygen atoms in total. The SMILES string of the molecule is Cc1ccc(NC(=O)c2nnc([C@@H]3CCCN(S(=O)(=O)c4ccc5c(c4)CCCC5)C3)s2)cc1. The smallest absolute Gasteiger partial charge is 0.286 e. The molecule has 0 unspecified atom stereocenters. The van der Waals surface area contributed by atoms with Crippen LogP contribution in [0.25, 0.3) is 0 Å². The van der Waals surface area contributed by atoms with Gasteiger partial charge in [-0.05, 0) is 80.8 Å². The monoisotopic (exact) mass is 496 g/mol. The summed E-state index contributed by atoms with van der Waals surface area (Å²) >= 11 is 1.24. The van der Waals surface area contributed by atoms with Gasteiger partial charge in [0.15, 0.2) is 0 Å². The normalized spacial score (nSPS) is 18.9. The van der Waals surface area contributed by atoms with Crippen LogP contribution in [0.2, 0.25) is 0 Å². The zero-order valence-electron chi connectivity index (χ0n) is 19.2. The Morgan fingerprint density at radius 2 is 1.79 bits per heavy atom. The van der Waals surface area contributed by atoms with Crippen molar-refractivity contribution in [2.75, 3.05) is 18.4 Å². The number of benzene rings is 2. The number of nitrogens with zero attached hydrogens (tertiary/aromatic N) is 3. The molecule has 1 aromatic heterocycles. The predicted octanol–water partition coefficient (Wildman–Crippen LogP) is 4.55. The number of aryl methyl sites for hydroxylation is 3. The van der Waals surface area contributed by atoms with Crippen molar-refractivity contribution in [3.63, 3.8) is 0 Å². The van der Waals surface area contributed by atoms with E-state index in [2.05, 4.69) is 15.5 Å². The summed E-state index contributed by atoms with van der Waals surface area (Å²) in [6, 6.07) is 13.2. The van der Waals surface area contributed by atoms with E-state index in [-0.39, 0.29) is 16.8 Å². The molecule has 1 saturated heterocycles. The average Bonchev–Trinajstić information content (AvgIpc) is 3.36. The lowest BCUT2D eigenvalue weighted by molar-refractivity contribution is 0.102. The molecule has 0 bridgehead atoms. The first-order chi connectivity index (χ1) is 16.4. The van der Waals surface area contributed by atoms with Gasteiger partial charge in [-0.15, -0.1) is 10.2 Å². The van der Waals surface area contributed by atoms with Crippen molar-refractivity contribution in [2.45, 2.75) is 56.3 Å². The van der Waals surface area contributed by atoms with Crippen LogP contribution in [0.3, 0.4) is 0 Å². The molecule has 2 aromatic carbocycles. The molecule has 2 aliphatic rings. The van der Waals surface area contributed by atoms with Gasteiger partial charge in [0.1, 0.15) is 5.01 Å². The number of amides is 1. The fourth-order valence-electron chi connectivity index (χ4n) is 4.69. The fourth-order valence-corrected chi connectivity index (χ4v) is 7.13. The molecule has 178 valence electrons. The number of nitrogens with one attached hydrogen (secondary N) is 1. The Hall–Kier alpha value is -2.62. The predicted molar refractivity (Wildman–Crippen MR) is 133 cm³/mol. The lowest BCUT2D eigenvalue weighted by atomic mass is 9.92. The first-order valence-electron chi connectivity index (χ1n) is 11.7. The second-order valence-corrected chi connectivity index (χ2v) is 12.1. The van der Waals surface area contributed by atoms with E-state index in [1.54, 1.807) is 10.4 Å². The van der Waals surface area contributed by atoms with Gasteiger partial charge in [0.25, 0.3) is 5.91 Å². The van der Waals surface area contributed by atoms with Gasteiger partial charge in [-0.1, -0.05) is 35.1 Å². The van der Waals surface area contributed by atoms with Crippen LogP contribution in [0.5, 0.6) is 0 Å². The highest BCUT2D eigenvalue weighted by Gasteiger charge is 2.33. The van der Waals surface area contributed by atoms with Gasteiger partial charge in [-0.3, -0.25) is 4.79 Å². The number of anilines is 1. The third kappa shape index (κ3) is 4.78. The Bertz CT molecular complexity index is 1300. The van der Waals surface area contributed by atoms with Crippen molar-refractivity contribution in [2.24, 2.45) is 0 Å². The first-order valence-corrected chi connectivity index (χ1v) is 14.0. The lowest BCUT2D eigenvalue weighted by Gasteiger charge is -2.31. The van der Waals surface area contributed by atoms with Gasteiger partial charge in [-0.2, -0.15) is 4.31 Å². The minimum atomic E-state index is -3.58. The van der Waals surface area contributed by atoms with Gasteiger partial charge >= 0.3 is 0 Å². The number of fused-ring (bicyclic) bond motifs is 1. The molecular weight excluding hydrogens is 468 g/mol. The van der Waals surface area contributed by atoms with Crippen LogP contribution < -0.4 is 5.32 Å². The minimum absolute atomic E-state index is 0.0698. The molecule has 34 heavy (non-hydrogen) atoms. The van der Waals surface area contributed by atoms with E-state index in [4.69, 9.17) is 0 Å². The highest BCUT2D eigenvalue weighted by atomic mass is 32.2. The standard InChI is InChI=1S/C25H28N4O3S2/c1-17-8-11-21(12-9-17)26-23(30)25-28-27-24(33-25)20-7-4-14-29(16-20)34(31,32)22-13-10-18-5-2-3-6-19(18)15-22/h8-13,15,20H,2-7,14,16H2,1H3,(H,26,30)/t20-/m1/s1. The molecule has 1 atom stereocenters. The molecule has 3 aromatic rings. The summed E-state index contributed by atoms with van der Waals surface area (Å²) in [4.78, 5) is 13.0. The van der Waals surface area contributed by atoms with E-state index in [1.807, 2.05) is 43.3 Å². The van der Waals surface area contributed by atoms with Crippen molar-refractivity contribution in [1.82, 2.24) is 14.5 Å². The first kappa shape index (κ1) is 23.1. The van der Waals surface area contributed by atoms with Crippen molar-refractivity contribution in [1.29, 1.82) is 0 Å². The Balaban J connectivity index is 1.29. The van der Waals surface area contributed by atoms with Crippen LogP contribution in [-0.4, -0.2) is 41.9 Å². The van der Waals surface area contributed by atoms with Crippen molar-refractivity contribution in [3.05, 3.63) is 69.2 Å². The quantitative estimate of drug-likeness (QED) is 0.560. The number of rotatable bonds is 5. The maximum atomic E-state index is 13.4. The van der Waals surface area contributed by atoms with E-state index in [9.17, 15) is 13.2 Å². The van der Waals surface area contributed by atoms with Gasteiger partial charge in [-0.25, -0.2) is 8.42 Å². The summed E-state index contributed by atoms with van der Waals surface area (Å²) < 4.78 is 28.4. The number of carbonyl (C=O) groups excluding carboxylic acids is 1. The topological polar surface area (TPSA) is 92.3 Å². The number of carbonyl (C=O) groups is 1. The third-order valence-corrected chi connectivity index (χ3v) is 9.58. The summed E-state index contributed by atoms with van der Waals surface area (Å²) in [5.74, 6) is -0.374. The summed E-state index contributed by atoms with van der Waals surface area (Å²) in [5, 5.41) is 12.2. The van der Waals surface area contributed by atoms with E-state index in [0.717, 1.165) is 43.2 Å². The summed E-state index contributed by atoms with van der Waals surface area (Å²) in [5.41, 5.74) is 4.25. The van der Waals surface area contributed by atoms with Gasteiger partial charge in [0.2, 0.25) is 15.0 Å². The average molecular weight is 497 g/mol. The maximum Gasteiger partial charge on any atom is 0.286 e. The fraction of sp³-hybridized carbons (Fsp3) is 0.400. The largest absolute Gasteiger partial charge is 0.320 e. The zero-order chi connectivity index (χ0) is 23.7. The zero-order valence-corrected chi connectivity index (χ0v) is 20.8. The van der Waals surface area contributed by atoms with E-state index in [1.165, 1.54) is 23.3 Å². The molecule has 1 fully saturated rings. The van der Waals surface area contributed by atoms with Gasteiger partial charge in [0, 0.05) is 24.7 Å². The summed E-state index contributed by atoms with van der Waals surface area (Å²) in [7, 11) is -3.58. The highest BCUT2D eigenvalue weighted by Crippen LogP contribution is 2.33. The van der Waals surface area contributed by atoms with E-state index >= 15 is 0 Å². The third-order valence-electron chi connectivity index (χ3n) is 6.64. The minimum Gasteiger partial charge on any atom is -0.320 e. The number of aromatic nitrogens is 2. The summed E-state index contributed by atoms with van der Waals surface area (Å²) in [6.45, 7) is 2.84. The van der Waals surface area contributed by atoms with Crippen molar-refractivity contribution in [3.8, 4) is 0 Å². The van der Waals surface area contributed by atoms with Crippen LogP contribution >= 0.6 is 11.3 Å². The number of hydrogen-bond acceptors (Lipinski definition) is 6. The van der Waals surface area contributed by atoms with Crippen LogP contribution in [0.4, 0.5) is 5.69 Å². The van der Waals surface area contributed by atoms with Gasteiger partial charge < -0.3 is 5.32 Å². The van der Waals surface area contributed by atoms with Crippen LogP contribution in [0.1, 0.15) is 63.1 Å². The highest BCUT2D eigenvalue weighted by molar-refractivity contribution is 7.89. The molecular formula is C25H28N4O3S2. The molecule has 5 rings (SSSR count). The number of hydrogen-bond donors (Lipinski definition) is 1. The summed E-state index contributed by atoms with van der Waals surface area (Å²) in [6.07, 6.45) is 5.82. The maximum absolute atomic E-state index is 13.4. The second-order valence-electron chi connectivity index (χ2n) is 9.11. The number of sulfonamides is 1. The molecule has 1 aliphatic carbocycles.